The number of nitro benzene ring substituents is 1. The molecule has 6 nitrogen and oxygen atoms in total. The van der Waals surface area contributed by atoms with Crippen molar-refractivity contribution in [3.63, 3.8) is 0 Å². The predicted molar refractivity (Wildman–Crippen MR) is 74.5 cm³/mol. The molecule has 104 valence electrons. The average molecular weight is 265 g/mol. The number of hydrogen-bond acceptors (Lipinski definition) is 5. The Labute approximate surface area is 112 Å². The number of hydrogen-bond donors (Lipinski definition) is 3. The Morgan fingerprint density at radius 2 is 2.11 bits per heavy atom. The Bertz CT molecular complexity index is 472. The third-order valence-electron chi connectivity index (χ3n) is 3.74. The molecule has 1 aromatic carbocycles. The maximum atomic E-state index is 11.2. The minimum absolute atomic E-state index is 0.0739. The van der Waals surface area contributed by atoms with Gasteiger partial charge in [0, 0.05) is 20.2 Å². The van der Waals surface area contributed by atoms with Gasteiger partial charge in [0.05, 0.1) is 4.92 Å². The minimum atomic E-state index is -0.375. The van der Waals surface area contributed by atoms with Crippen molar-refractivity contribution < 1.29 is 10.0 Å². The van der Waals surface area contributed by atoms with E-state index in [9.17, 15) is 10.1 Å². The topological polar surface area (TPSA) is 87.4 Å². The molecule has 0 bridgehead atoms. The number of anilines is 2. The number of nitrogens with zero attached hydrogens (tertiary/aromatic N) is 1. The molecule has 0 aliphatic heterocycles. The third kappa shape index (κ3) is 2.96. The second-order valence-electron chi connectivity index (χ2n) is 5.04. The standard InChI is InChI=1S/C13H19N3O3/c1-14-10-3-2-4-11(12(10)16(18)19)15-9-13(5-6-13)7-8-17/h2-4,14-15,17H,5-9H2,1H3. The van der Waals surface area contributed by atoms with E-state index in [0.29, 0.717) is 17.9 Å². The van der Waals surface area contributed by atoms with E-state index in [1.54, 1.807) is 25.2 Å². The van der Waals surface area contributed by atoms with Crippen LogP contribution in [0, 0.1) is 15.5 Å². The van der Waals surface area contributed by atoms with E-state index in [0.717, 1.165) is 19.3 Å². The van der Waals surface area contributed by atoms with Crippen molar-refractivity contribution in [1.82, 2.24) is 0 Å². The van der Waals surface area contributed by atoms with Crippen LogP contribution in [0.15, 0.2) is 18.2 Å². The lowest BCUT2D eigenvalue weighted by Gasteiger charge is -2.16. The van der Waals surface area contributed by atoms with Gasteiger partial charge in [-0.15, -0.1) is 0 Å². The zero-order valence-electron chi connectivity index (χ0n) is 11.0. The Hall–Kier alpha value is -1.82. The lowest BCUT2D eigenvalue weighted by Crippen LogP contribution is -2.17. The predicted octanol–water partition coefficient (Wildman–Crippen LogP) is 2.21. The lowest BCUT2D eigenvalue weighted by atomic mass is 10.0. The molecule has 2 rings (SSSR count). The molecule has 1 aromatic rings. The smallest absolute Gasteiger partial charge is 0.315 e. The molecular formula is C13H19N3O3. The quantitative estimate of drug-likeness (QED) is 0.519. The molecule has 0 amide bonds. The van der Waals surface area contributed by atoms with E-state index in [1.165, 1.54) is 0 Å². The van der Waals surface area contributed by atoms with Gasteiger partial charge in [-0.05, 0) is 36.8 Å². The van der Waals surface area contributed by atoms with Crippen LogP contribution in [-0.2, 0) is 0 Å². The van der Waals surface area contributed by atoms with Crippen LogP contribution < -0.4 is 10.6 Å². The van der Waals surface area contributed by atoms with Gasteiger partial charge in [-0.1, -0.05) is 6.07 Å². The van der Waals surface area contributed by atoms with Crippen LogP contribution in [0.3, 0.4) is 0 Å². The van der Waals surface area contributed by atoms with E-state index >= 15 is 0 Å². The minimum Gasteiger partial charge on any atom is -0.396 e. The molecule has 0 spiro atoms. The van der Waals surface area contributed by atoms with Gasteiger partial charge < -0.3 is 15.7 Å². The highest BCUT2D eigenvalue weighted by molar-refractivity contribution is 5.76. The summed E-state index contributed by atoms with van der Waals surface area (Å²) in [5, 5.41) is 26.2. The average Bonchev–Trinajstić information content (AvgIpc) is 3.16. The summed E-state index contributed by atoms with van der Waals surface area (Å²) in [7, 11) is 1.67. The van der Waals surface area contributed by atoms with Crippen molar-refractivity contribution in [3.05, 3.63) is 28.3 Å². The van der Waals surface area contributed by atoms with E-state index in [2.05, 4.69) is 10.6 Å². The first-order chi connectivity index (χ1) is 9.12. The first-order valence-electron chi connectivity index (χ1n) is 6.42. The van der Waals surface area contributed by atoms with Crippen molar-refractivity contribution in [2.24, 2.45) is 5.41 Å². The van der Waals surface area contributed by atoms with Gasteiger partial charge in [0.2, 0.25) is 0 Å². The Morgan fingerprint density at radius 3 is 2.63 bits per heavy atom. The van der Waals surface area contributed by atoms with E-state index in [4.69, 9.17) is 5.11 Å². The molecule has 1 fully saturated rings. The molecule has 1 aliphatic rings. The fraction of sp³-hybridized carbons (Fsp3) is 0.538. The summed E-state index contributed by atoms with van der Waals surface area (Å²) < 4.78 is 0. The van der Waals surface area contributed by atoms with Crippen molar-refractivity contribution in [2.75, 3.05) is 30.8 Å². The second-order valence-corrected chi connectivity index (χ2v) is 5.04. The number of nitrogens with one attached hydrogen (secondary N) is 2. The van der Waals surface area contributed by atoms with Gasteiger partial charge in [-0.2, -0.15) is 0 Å². The summed E-state index contributed by atoms with van der Waals surface area (Å²) in [4.78, 5) is 10.8. The molecule has 0 atom stereocenters. The number of nitro groups is 1. The molecule has 6 heteroatoms. The monoisotopic (exact) mass is 265 g/mol. The van der Waals surface area contributed by atoms with Crippen LogP contribution in [0.1, 0.15) is 19.3 Å². The van der Waals surface area contributed by atoms with Crippen LogP contribution >= 0.6 is 0 Å². The zero-order valence-corrected chi connectivity index (χ0v) is 11.0. The molecule has 1 saturated carbocycles. The first-order valence-corrected chi connectivity index (χ1v) is 6.42. The summed E-state index contributed by atoms with van der Waals surface area (Å²) in [6, 6.07) is 5.19. The Morgan fingerprint density at radius 1 is 1.42 bits per heavy atom. The maximum Gasteiger partial charge on any atom is 0.315 e. The van der Waals surface area contributed by atoms with Crippen molar-refractivity contribution in [1.29, 1.82) is 0 Å². The molecule has 0 radical (unpaired) electrons. The highest BCUT2D eigenvalue weighted by atomic mass is 16.6. The van der Waals surface area contributed by atoms with Crippen LogP contribution in [0.5, 0.6) is 0 Å². The van der Waals surface area contributed by atoms with Crippen molar-refractivity contribution in [3.8, 4) is 0 Å². The maximum absolute atomic E-state index is 11.2. The van der Waals surface area contributed by atoms with E-state index in [-0.39, 0.29) is 22.6 Å². The van der Waals surface area contributed by atoms with Crippen LogP contribution in [0.25, 0.3) is 0 Å². The molecule has 19 heavy (non-hydrogen) atoms. The molecule has 0 saturated heterocycles. The summed E-state index contributed by atoms with van der Waals surface area (Å²) in [6.07, 6.45) is 2.89. The molecule has 0 aromatic heterocycles. The van der Waals surface area contributed by atoms with Gasteiger partial charge >= 0.3 is 5.69 Å². The summed E-state index contributed by atoms with van der Waals surface area (Å²) in [5.41, 5.74) is 1.23. The SMILES string of the molecule is CNc1cccc(NCC2(CCO)CC2)c1[N+](=O)[O-]. The van der Waals surface area contributed by atoms with Gasteiger partial charge in [0.15, 0.2) is 0 Å². The van der Waals surface area contributed by atoms with Crippen LogP contribution in [0.2, 0.25) is 0 Å². The van der Waals surface area contributed by atoms with Gasteiger partial charge in [-0.25, -0.2) is 0 Å². The fourth-order valence-electron chi connectivity index (χ4n) is 2.30. The fourth-order valence-corrected chi connectivity index (χ4v) is 2.30. The van der Waals surface area contributed by atoms with Gasteiger partial charge in [0.1, 0.15) is 11.4 Å². The number of aliphatic hydroxyl groups is 1. The van der Waals surface area contributed by atoms with Gasteiger partial charge in [-0.3, -0.25) is 10.1 Å². The van der Waals surface area contributed by atoms with E-state index < -0.39 is 0 Å². The number of para-hydroxylation sites is 1. The number of aliphatic hydroxyl groups excluding tert-OH is 1. The third-order valence-corrected chi connectivity index (χ3v) is 3.74. The van der Waals surface area contributed by atoms with E-state index in [1.807, 2.05) is 0 Å². The molecular weight excluding hydrogens is 246 g/mol. The Kier molecular flexibility index (Phi) is 3.90. The summed E-state index contributed by atoms with van der Waals surface area (Å²) in [5.74, 6) is 0. The Balaban J connectivity index is 2.14. The molecule has 1 aliphatic carbocycles. The van der Waals surface area contributed by atoms with Crippen molar-refractivity contribution in [2.45, 2.75) is 19.3 Å². The zero-order chi connectivity index (χ0) is 13.9. The molecule has 0 heterocycles. The van der Waals surface area contributed by atoms with Crippen molar-refractivity contribution >= 4 is 17.1 Å². The number of benzene rings is 1. The highest BCUT2D eigenvalue weighted by Crippen LogP contribution is 2.49. The summed E-state index contributed by atoms with van der Waals surface area (Å²) in [6.45, 7) is 0.835. The lowest BCUT2D eigenvalue weighted by molar-refractivity contribution is -0.383. The number of rotatable bonds is 7. The summed E-state index contributed by atoms with van der Waals surface area (Å²) >= 11 is 0. The van der Waals surface area contributed by atoms with Crippen LogP contribution in [0.4, 0.5) is 17.1 Å². The first kappa shape index (κ1) is 13.6. The molecule has 0 unspecified atom stereocenters. The molecule has 3 N–H and O–H groups in total. The second kappa shape index (κ2) is 5.44. The van der Waals surface area contributed by atoms with Crippen LogP contribution in [-0.4, -0.2) is 30.2 Å². The normalized spacial score (nSPS) is 15.9. The largest absolute Gasteiger partial charge is 0.396 e. The van der Waals surface area contributed by atoms with Gasteiger partial charge in [0.25, 0.3) is 0 Å². The highest BCUT2D eigenvalue weighted by Gasteiger charge is 2.41.